The van der Waals surface area contributed by atoms with Crippen molar-refractivity contribution >= 4 is 11.7 Å². The fourth-order valence-electron chi connectivity index (χ4n) is 5.27. The van der Waals surface area contributed by atoms with Gasteiger partial charge in [-0.15, -0.1) is 0 Å². The van der Waals surface area contributed by atoms with Crippen molar-refractivity contribution < 1.29 is 9.90 Å². The molecule has 0 aromatic carbocycles. The number of anilines is 1. The Morgan fingerprint density at radius 1 is 1.22 bits per heavy atom. The molecule has 0 spiro atoms. The summed E-state index contributed by atoms with van der Waals surface area (Å²) in [7, 11) is 2.08. The summed E-state index contributed by atoms with van der Waals surface area (Å²) in [5.74, 6) is 1.29. The fraction of sp³-hybridized carbons (Fsp3) is 0.727. The summed E-state index contributed by atoms with van der Waals surface area (Å²) >= 11 is 0. The van der Waals surface area contributed by atoms with Crippen molar-refractivity contribution in [1.29, 1.82) is 0 Å². The lowest BCUT2D eigenvalue weighted by atomic mass is 9.69. The van der Waals surface area contributed by atoms with Crippen molar-refractivity contribution in [2.75, 3.05) is 25.0 Å². The molecule has 5 heteroatoms. The summed E-state index contributed by atoms with van der Waals surface area (Å²) < 4.78 is 0. The molecule has 2 saturated carbocycles. The summed E-state index contributed by atoms with van der Waals surface area (Å²) in [5.41, 5.74) is -0.0402. The van der Waals surface area contributed by atoms with Gasteiger partial charge in [-0.25, -0.2) is 4.98 Å². The average molecular weight is 372 g/mol. The highest BCUT2D eigenvalue weighted by Gasteiger charge is 2.51. The molecule has 2 aliphatic carbocycles. The molecule has 1 N–H and O–H groups in total. The Labute approximate surface area is 162 Å². The molecule has 2 atom stereocenters. The third-order valence-corrected chi connectivity index (χ3v) is 7.36. The molecule has 2 heterocycles. The molecule has 27 heavy (non-hydrogen) atoms. The van der Waals surface area contributed by atoms with E-state index in [9.17, 15) is 9.90 Å². The quantitative estimate of drug-likeness (QED) is 0.880. The van der Waals surface area contributed by atoms with Crippen LogP contribution in [0.4, 0.5) is 5.82 Å². The molecule has 1 amide bonds. The van der Waals surface area contributed by atoms with Gasteiger partial charge in [0, 0.05) is 31.7 Å². The highest BCUT2D eigenvalue weighted by atomic mass is 16.3. The SMILES string of the molecule is C[C@@H]1CN(C(=O)c2cccnc2N(C)C2CCCCC2)C[C@@]1(O)C1CCC1. The summed E-state index contributed by atoms with van der Waals surface area (Å²) in [4.78, 5) is 22.0. The van der Waals surface area contributed by atoms with Crippen LogP contribution in [-0.4, -0.2) is 52.7 Å². The number of hydrogen-bond acceptors (Lipinski definition) is 4. The fourth-order valence-corrected chi connectivity index (χ4v) is 5.27. The van der Waals surface area contributed by atoms with Crippen LogP contribution in [0.25, 0.3) is 0 Å². The van der Waals surface area contributed by atoms with E-state index in [1.807, 2.05) is 17.0 Å². The maximum atomic E-state index is 13.4. The largest absolute Gasteiger partial charge is 0.387 e. The highest BCUT2D eigenvalue weighted by molar-refractivity contribution is 5.99. The second-order valence-electron chi connectivity index (χ2n) is 8.98. The standard InChI is InChI=1S/C22H33N3O2/c1-16-14-25(15-22(16,27)17-8-6-9-17)21(26)19-12-7-13-23-20(19)24(2)18-10-4-3-5-11-18/h7,12-13,16-18,27H,3-6,8-11,14-15H2,1-2H3/t16-,22+/m1/s1. The van der Waals surface area contributed by atoms with Crippen LogP contribution in [-0.2, 0) is 0 Å². The Hall–Kier alpha value is -1.62. The summed E-state index contributed by atoms with van der Waals surface area (Å²) in [6.07, 6.45) is 11.3. The Morgan fingerprint density at radius 3 is 2.63 bits per heavy atom. The van der Waals surface area contributed by atoms with Gasteiger partial charge in [0.2, 0.25) is 0 Å². The molecule has 0 radical (unpaired) electrons. The van der Waals surface area contributed by atoms with Crippen LogP contribution in [0.15, 0.2) is 18.3 Å². The van der Waals surface area contributed by atoms with Crippen LogP contribution in [0.1, 0.15) is 68.6 Å². The number of carbonyl (C=O) groups excluding carboxylic acids is 1. The summed E-state index contributed by atoms with van der Waals surface area (Å²) in [6.45, 7) is 3.18. The first-order chi connectivity index (χ1) is 13.0. The van der Waals surface area contributed by atoms with Crippen LogP contribution in [0.5, 0.6) is 0 Å². The second-order valence-corrected chi connectivity index (χ2v) is 8.98. The van der Waals surface area contributed by atoms with Crippen molar-refractivity contribution in [3.05, 3.63) is 23.9 Å². The van der Waals surface area contributed by atoms with Gasteiger partial charge in [0.1, 0.15) is 5.82 Å². The van der Waals surface area contributed by atoms with Crippen LogP contribution in [0.3, 0.4) is 0 Å². The lowest BCUT2D eigenvalue weighted by Crippen LogP contribution is -2.48. The van der Waals surface area contributed by atoms with Gasteiger partial charge < -0.3 is 14.9 Å². The predicted octanol–water partition coefficient (Wildman–Crippen LogP) is 3.47. The molecule has 0 bridgehead atoms. The number of amides is 1. The average Bonchev–Trinajstić information content (AvgIpc) is 2.95. The molecule has 3 aliphatic rings. The van der Waals surface area contributed by atoms with Crippen molar-refractivity contribution in [3.63, 3.8) is 0 Å². The van der Waals surface area contributed by atoms with Crippen molar-refractivity contribution in [2.45, 2.75) is 69.9 Å². The Balaban J connectivity index is 1.54. The Morgan fingerprint density at radius 2 is 1.96 bits per heavy atom. The number of hydrogen-bond donors (Lipinski definition) is 1. The van der Waals surface area contributed by atoms with Gasteiger partial charge in [0.15, 0.2) is 0 Å². The maximum absolute atomic E-state index is 13.4. The summed E-state index contributed by atoms with van der Waals surface area (Å²) in [6, 6.07) is 4.21. The monoisotopic (exact) mass is 371 g/mol. The zero-order valence-electron chi connectivity index (χ0n) is 16.7. The van der Waals surface area contributed by atoms with Gasteiger partial charge in [0.05, 0.1) is 17.7 Å². The zero-order chi connectivity index (χ0) is 19.0. The molecule has 3 fully saturated rings. The number of carbonyl (C=O) groups is 1. The van der Waals surface area contributed by atoms with Gasteiger partial charge >= 0.3 is 0 Å². The molecule has 1 aromatic heterocycles. The number of aliphatic hydroxyl groups is 1. The lowest BCUT2D eigenvalue weighted by Gasteiger charge is -2.41. The van der Waals surface area contributed by atoms with Crippen LogP contribution < -0.4 is 4.90 Å². The van der Waals surface area contributed by atoms with E-state index in [0.29, 0.717) is 30.6 Å². The number of likely N-dealkylation sites (tertiary alicyclic amines) is 1. The molecule has 0 unspecified atom stereocenters. The number of β-amino-alcohol motifs (C(OH)–C–C–N with tert-alkyl or cyclic N) is 1. The normalized spacial score (nSPS) is 29.6. The highest BCUT2D eigenvalue weighted by Crippen LogP contribution is 2.44. The minimum atomic E-state index is -0.717. The smallest absolute Gasteiger partial charge is 0.257 e. The van der Waals surface area contributed by atoms with E-state index in [0.717, 1.165) is 18.7 Å². The van der Waals surface area contributed by atoms with Gasteiger partial charge in [0.25, 0.3) is 5.91 Å². The number of rotatable bonds is 4. The van der Waals surface area contributed by atoms with Crippen molar-refractivity contribution in [2.24, 2.45) is 11.8 Å². The van der Waals surface area contributed by atoms with Crippen molar-refractivity contribution in [1.82, 2.24) is 9.88 Å². The van der Waals surface area contributed by atoms with Gasteiger partial charge in [-0.2, -0.15) is 0 Å². The molecule has 5 nitrogen and oxygen atoms in total. The number of nitrogens with zero attached hydrogens (tertiary/aromatic N) is 3. The summed E-state index contributed by atoms with van der Waals surface area (Å²) in [5, 5.41) is 11.2. The van der Waals surface area contributed by atoms with E-state index < -0.39 is 5.60 Å². The van der Waals surface area contributed by atoms with Gasteiger partial charge in [-0.1, -0.05) is 32.6 Å². The molecule has 1 aliphatic heterocycles. The molecular weight excluding hydrogens is 338 g/mol. The molecule has 1 saturated heterocycles. The van der Waals surface area contributed by atoms with E-state index in [1.54, 1.807) is 6.20 Å². The molecule has 148 valence electrons. The Bertz CT molecular complexity index is 684. The Kier molecular flexibility index (Phi) is 5.15. The first-order valence-corrected chi connectivity index (χ1v) is 10.7. The topological polar surface area (TPSA) is 56.7 Å². The van der Waals surface area contributed by atoms with E-state index in [2.05, 4.69) is 23.9 Å². The van der Waals surface area contributed by atoms with Crippen LogP contribution in [0.2, 0.25) is 0 Å². The predicted molar refractivity (Wildman–Crippen MR) is 107 cm³/mol. The van der Waals surface area contributed by atoms with E-state index >= 15 is 0 Å². The van der Waals surface area contributed by atoms with E-state index in [-0.39, 0.29) is 11.8 Å². The molecule has 4 rings (SSSR count). The lowest BCUT2D eigenvalue weighted by molar-refractivity contribution is -0.0660. The van der Waals surface area contributed by atoms with Crippen LogP contribution >= 0.6 is 0 Å². The molecular formula is C22H33N3O2. The zero-order valence-corrected chi connectivity index (χ0v) is 16.7. The second kappa shape index (κ2) is 7.42. The van der Waals surface area contributed by atoms with Crippen molar-refractivity contribution in [3.8, 4) is 0 Å². The first kappa shape index (κ1) is 18.7. The maximum Gasteiger partial charge on any atom is 0.257 e. The minimum absolute atomic E-state index is 0.0165. The number of pyridine rings is 1. The third kappa shape index (κ3) is 3.35. The van der Waals surface area contributed by atoms with E-state index in [1.165, 1.54) is 38.5 Å². The van der Waals surface area contributed by atoms with E-state index in [4.69, 9.17) is 0 Å². The molecule has 1 aromatic rings. The first-order valence-electron chi connectivity index (χ1n) is 10.7. The third-order valence-electron chi connectivity index (χ3n) is 7.36. The van der Waals surface area contributed by atoms with Gasteiger partial charge in [-0.05, 0) is 43.7 Å². The van der Waals surface area contributed by atoms with Gasteiger partial charge in [-0.3, -0.25) is 4.79 Å². The van der Waals surface area contributed by atoms with Crippen LogP contribution in [0, 0.1) is 11.8 Å². The minimum Gasteiger partial charge on any atom is -0.387 e. The number of aromatic nitrogens is 1.